The Kier molecular flexibility index (Phi) is 16.0. The number of rotatable bonds is 18. The first-order valence-electron chi connectivity index (χ1n) is 12.3. The second-order valence-electron chi connectivity index (χ2n) is 8.31. The minimum atomic E-state index is -0.188. The smallest absolute Gasteiger partial charge is 0.243 e. The minimum absolute atomic E-state index is 0.139. The fourth-order valence-electron chi connectivity index (χ4n) is 3.46. The monoisotopic (exact) mass is 429 g/mol. The number of phenols is 2. The number of hydrogen-bond donors (Lipinski definition) is 3. The number of hydrogen-bond acceptors (Lipinski definition) is 3. The van der Waals surface area contributed by atoms with Crippen LogP contribution < -0.4 is 5.32 Å². The van der Waals surface area contributed by atoms with Crippen molar-refractivity contribution in [3.05, 3.63) is 42.0 Å². The molecule has 3 N–H and O–H groups in total. The largest absolute Gasteiger partial charge is 0.504 e. The van der Waals surface area contributed by atoms with Crippen molar-refractivity contribution < 1.29 is 15.0 Å². The lowest BCUT2D eigenvalue weighted by Gasteiger charge is -2.03. The summed E-state index contributed by atoms with van der Waals surface area (Å²) in [5, 5.41) is 21.6. The lowest BCUT2D eigenvalue weighted by atomic mass is 10.1. The molecule has 0 fully saturated rings. The molecule has 0 aromatic heterocycles. The van der Waals surface area contributed by atoms with Crippen LogP contribution in [0.25, 0.3) is 6.08 Å². The Bertz CT molecular complexity index is 652. The predicted molar refractivity (Wildman–Crippen MR) is 131 cm³/mol. The predicted octanol–water partition coefficient (Wildman–Crippen LogP) is 7.26. The third-order valence-electron chi connectivity index (χ3n) is 5.41. The zero-order chi connectivity index (χ0) is 22.6. The summed E-state index contributed by atoms with van der Waals surface area (Å²) in [7, 11) is 0. The molecule has 0 aliphatic carbocycles. The second-order valence-corrected chi connectivity index (χ2v) is 8.31. The van der Waals surface area contributed by atoms with Crippen LogP contribution in [0.15, 0.2) is 36.4 Å². The summed E-state index contributed by atoms with van der Waals surface area (Å²) in [6.45, 7) is 2.95. The van der Waals surface area contributed by atoms with Crippen LogP contribution in [0.5, 0.6) is 11.5 Å². The van der Waals surface area contributed by atoms with Crippen molar-refractivity contribution in [1.82, 2.24) is 5.32 Å². The van der Waals surface area contributed by atoms with Gasteiger partial charge in [-0.2, -0.15) is 0 Å². The van der Waals surface area contributed by atoms with Crippen LogP contribution in [0.1, 0.15) is 102 Å². The summed E-state index contributed by atoms with van der Waals surface area (Å²) in [6.07, 6.45) is 25.7. The SMILES string of the molecule is CCCCCCCC/C=C\CCCCCCCCNC(=O)/C=C/c1ccc(O)c(O)c1. The van der Waals surface area contributed by atoms with E-state index in [1.54, 1.807) is 12.1 Å². The lowest BCUT2D eigenvalue weighted by molar-refractivity contribution is -0.116. The highest BCUT2D eigenvalue weighted by molar-refractivity contribution is 5.91. The van der Waals surface area contributed by atoms with Crippen LogP contribution in [0, 0.1) is 0 Å². The number of carbonyl (C=O) groups is 1. The number of unbranched alkanes of at least 4 members (excludes halogenated alkanes) is 12. The average molecular weight is 430 g/mol. The molecule has 174 valence electrons. The topological polar surface area (TPSA) is 69.6 Å². The molecular formula is C27H43NO3. The van der Waals surface area contributed by atoms with E-state index >= 15 is 0 Å². The summed E-state index contributed by atoms with van der Waals surface area (Å²) >= 11 is 0. The lowest BCUT2D eigenvalue weighted by Crippen LogP contribution is -2.21. The zero-order valence-electron chi connectivity index (χ0n) is 19.5. The number of carbonyl (C=O) groups excluding carboxylic acids is 1. The van der Waals surface area contributed by atoms with E-state index in [2.05, 4.69) is 24.4 Å². The molecule has 1 amide bonds. The molecule has 0 aliphatic rings. The third kappa shape index (κ3) is 15.3. The molecule has 0 spiro atoms. The molecule has 4 heteroatoms. The van der Waals surface area contributed by atoms with Gasteiger partial charge in [0.2, 0.25) is 5.91 Å². The van der Waals surface area contributed by atoms with Crippen LogP contribution in [-0.4, -0.2) is 22.7 Å². The molecule has 0 saturated carbocycles. The van der Waals surface area contributed by atoms with Crippen LogP contribution in [-0.2, 0) is 4.79 Å². The molecule has 31 heavy (non-hydrogen) atoms. The third-order valence-corrected chi connectivity index (χ3v) is 5.41. The van der Waals surface area contributed by atoms with E-state index in [1.165, 1.54) is 95.3 Å². The Hall–Kier alpha value is -2.23. The summed E-state index contributed by atoms with van der Waals surface area (Å²) < 4.78 is 0. The molecule has 0 heterocycles. The van der Waals surface area contributed by atoms with Crippen LogP contribution in [0.3, 0.4) is 0 Å². The molecular weight excluding hydrogens is 386 g/mol. The van der Waals surface area contributed by atoms with E-state index in [0.717, 1.165) is 12.8 Å². The number of nitrogens with one attached hydrogen (secondary N) is 1. The Morgan fingerprint density at radius 1 is 0.806 bits per heavy atom. The van der Waals surface area contributed by atoms with E-state index in [4.69, 9.17) is 0 Å². The highest BCUT2D eigenvalue weighted by atomic mass is 16.3. The maximum atomic E-state index is 11.8. The Morgan fingerprint density at radius 2 is 1.39 bits per heavy atom. The Labute approximate surface area is 189 Å². The second kappa shape index (κ2) is 18.5. The van der Waals surface area contributed by atoms with Gasteiger partial charge in [0.15, 0.2) is 11.5 Å². The van der Waals surface area contributed by atoms with Gasteiger partial charge in [-0.1, -0.05) is 82.9 Å². The van der Waals surface area contributed by atoms with Gasteiger partial charge >= 0.3 is 0 Å². The number of allylic oxidation sites excluding steroid dienone is 2. The standard InChI is InChI=1S/C27H43NO3/c1-2-3-4-5-6-7-8-9-10-11-12-13-14-15-16-17-22-28-27(31)21-19-24-18-20-25(29)26(30)23-24/h9-10,18-21,23,29-30H,2-8,11-17,22H2,1H3,(H,28,31)/b10-9-,21-19+. The first-order valence-corrected chi connectivity index (χ1v) is 12.3. The van der Waals surface area contributed by atoms with E-state index < -0.39 is 0 Å². The van der Waals surface area contributed by atoms with Crippen molar-refractivity contribution in [3.63, 3.8) is 0 Å². The summed E-state index contributed by atoms with van der Waals surface area (Å²) in [5.74, 6) is -0.492. The first-order chi connectivity index (χ1) is 15.1. The van der Waals surface area contributed by atoms with E-state index in [1.807, 2.05) is 0 Å². The summed E-state index contributed by atoms with van der Waals surface area (Å²) in [6, 6.07) is 4.47. The van der Waals surface area contributed by atoms with Gasteiger partial charge in [0, 0.05) is 12.6 Å². The van der Waals surface area contributed by atoms with E-state index in [0.29, 0.717) is 12.1 Å². The van der Waals surface area contributed by atoms with Crippen molar-refractivity contribution in [2.45, 2.75) is 96.8 Å². The Balaban J connectivity index is 1.89. The van der Waals surface area contributed by atoms with Gasteiger partial charge in [-0.3, -0.25) is 4.79 Å². The fourth-order valence-corrected chi connectivity index (χ4v) is 3.46. The zero-order valence-corrected chi connectivity index (χ0v) is 19.5. The fraction of sp³-hybridized carbons (Fsp3) is 0.593. The van der Waals surface area contributed by atoms with Gasteiger partial charge in [-0.25, -0.2) is 0 Å². The number of aromatic hydroxyl groups is 2. The van der Waals surface area contributed by atoms with E-state index in [9.17, 15) is 15.0 Å². The molecule has 0 unspecified atom stereocenters. The molecule has 0 bridgehead atoms. The van der Waals surface area contributed by atoms with Crippen molar-refractivity contribution >= 4 is 12.0 Å². The number of benzene rings is 1. The van der Waals surface area contributed by atoms with Gasteiger partial charge in [0.25, 0.3) is 0 Å². The summed E-state index contributed by atoms with van der Waals surface area (Å²) in [4.78, 5) is 11.8. The molecule has 1 rings (SSSR count). The van der Waals surface area contributed by atoms with Crippen molar-refractivity contribution in [2.24, 2.45) is 0 Å². The molecule has 0 radical (unpaired) electrons. The molecule has 0 aliphatic heterocycles. The van der Waals surface area contributed by atoms with Crippen LogP contribution in [0.4, 0.5) is 0 Å². The van der Waals surface area contributed by atoms with Crippen molar-refractivity contribution in [1.29, 1.82) is 0 Å². The number of amides is 1. The molecule has 0 atom stereocenters. The van der Waals surface area contributed by atoms with Crippen molar-refractivity contribution in [2.75, 3.05) is 6.54 Å². The minimum Gasteiger partial charge on any atom is -0.504 e. The van der Waals surface area contributed by atoms with E-state index in [-0.39, 0.29) is 17.4 Å². The quantitative estimate of drug-likeness (QED) is 0.0995. The highest BCUT2D eigenvalue weighted by Crippen LogP contribution is 2.25. The first kappa shape index (κ1) is 26.8. The molecule has 4 nitrogen and oxygen atoms in total. The van der Waals surface area contributed by atoms with Crippen LogP contribution in [0.2, 0.25) is 0 Å². The normalized spacial score (nSPS) is 11.5. The van der Waals surface area contributed by atoms with Gasteiger partial charge in [-0.15, -0.1) is 0 Å². The molecule has 1 aromatic carbocycles. The maximum absolute atomic E-state index is 11.8. The van der Waals surface area contributed by atoms with Crippen molar-refractivity contribution in [3.8, 4) is 11.5 Å². The van der Waals surface area contributed by atoms with Gasteiger partial charge in [0.05, 0.1) is 0 Å². The summed E-state index contributed by atoms with van der Waals surface area (Å²) in [5.41, 5.74) is 0.669. The van der Waals surface area contributed by atoms with Gasteiger partial charge in [-0.05, 0) is 55.9 Å². The molecule has 0 saturated heterocycles. The van der Waals surface area contributed by atoms with Crippen LogP contribution >= 0.6 is 0 Å². The average Bonchev–Trinajstić information content (AvgIpc) is 2.76. The van der Waals surface area contributed by atoms with Gasteiger partial charge < -0.3 is 15.5 Å². The Morgan fingerprint density at radius 3 is 2.00 bits per heavy atom. The van der Waals surface area contributed by atoms with Gasteiger partial charge in [0.1, 0.15) is 0 Å². The molecule has 1 aromatic rings. The maximum Gasteiger partial charge on any atom is 0.243 e. The highest BCUT2D eigenvalue weighted by Gasteiger charge is 1.99. The number of phenolic OH excluding ortho intramolecular Hbond substituents is 2.